The zero-order chi connectivity index (χ0) is 13.1. The summed E-state index contributed by atoms with van der Waals surface area (Å²) in [6.45, 7) is 7.23. The van der Waals surface area contributed by atoms with E-state index in [4.69, 9.17) is 9.47 Å². The average Bonchev–Trinajstić information content (AvgIpc) is 2.58. The summed E-state index contributed by atoms with van der Waals surface area (Å²) in [4.78, 5) is 10.8. The number of carbonyl (C=O) groups is 1. The summed E-state index contributed by atoms with van der Waals surface area (Å²) in [5.41, 5.74) is 0.919. The van der Waals surface area contributed by atoms with E-state index in [9.17, 15) is 9.90 Å². The number of alkyl carbamates (subject to hydrolysis) is 1. The van der Waals surface area contributed by atoms with Crippen molar-refractivity contribution in [3.63, 3.8) is 0 Å². The summed E-state index contributed by atoms with van der Waals surface area (Å²) in [7, 11) is 0. The van der Waals surface area contributed by atoms with Gasteiger partial charge in [-0.2, -0.15) is 0 Å². The molecule has 2 N–H and O–H groups in total. The fraction of sp³-hybridized carbons (Fsp3) is 0.583. The highest BCUT2D eigenvalue weighted by Gasteiger charge is 2.23. The highest BCUT2D eigenvalue weighted by molar-refractivity contribution is 5.70. The second-order valence-electron chi connectivity index (χ2n) is 4.51. The van der Waals surface area contributed by atoms with Crippen LogP contribution < -0.4 is 5.32 Å². The molecule has 1 amide bonds. The number of nitrogens with one attached hydrogen (secondary N) is 1. The molecule has 1 aliphatic heterocycles. The van der Waals surface area contributed by atoms with Crippen molar-refractivity contribution in [2.24, 2.45) is 0 Å². The lowest BCUT2D eigenvalue weighted by atomic mass is 10.1. The molecule has 0 saturated carbocycles. The van der Waals surface area contributed by atoms with Crippen LogP contribution >= 0.6 is 0 Å². The highest BCUT2D eigenvalue weighted by Crippen LogP contribution is 2.13. The predicted octanol–water partition coefficient (Wildman–Crippen LogP) is 1.69. The topological polar surface area (TPSA) is 67.8 Å². The third-order valence-electron chi connectivity index (χ3n) is 2.18. The second-order valence-corrected chi connectivity index (χ2v) is 4.51. The van der Waals surface area contributed by atoms with Gasteiger partial charge in [0.25, 0.3) is 0 Å². The number of cyclic esters (lactones) is 1. The maximum absolute atomic E-state index is 10.8. The lowest BCUT2D eigenvalue weighted by molar-refractivity contribution is -0.146. The van der Waals surface area contributed by atoms with Crippen LogP contribution in [0.15, 0.2) is 23.5 Å². The molecule has 1 aliphatic rings. The molecule has 0 aliphatic carbocycles. The number of ether oxygens (including phenoxy) is 2. The van der Waals surface area contributed by atoms with E-state index in [0.717, 1.165) is 5.57 Å². The van der Waals surface area contributed by atoms with Gasteiger partial charge in [-0.25, -0.2) is 4.79 Å². The number of allylic oxidation sites excluding steroid dienone is 3. The van der Waals surface area contributed by atoms with E-state index in [1.807, 2.05) is 13.0 Å². The minimum Gasteiger partial charge on any atom is -0.468 e. The van der Waals surface area contributed by atoms with E-state index in [2.05, 4.69) is 5.32 Å². The fourth-order valence-corrected chi connectivity index (χ4v) is 1.43. The molecule has 1 heterocycles. The summed E-state index contributed by atoms with van der Waals surface area (Å²) in [5, 5.41) is 12.0. The zero-order valence-electron chi connectivity index (χ0n) is 10.6. The van der Waals surface area contributed by atoms with Crippen molar-refractivity contribution in [3.8, 4) is 0 Å². The molecule has 0 unspecified atom stereocenters. The van der Waals surface area contributed by atoms with Gasteiger partial charge in [0, 0.05) is 13.8 Å². The van der Waals surface area contributed by atoms with Gasteiger partial charge in [-0.1, -0.05) is 6.08 Å². The first-order chi connectivity index (χ1) is 7.78. The Morgan fingerprint density at radius 2 is 2.18 bits per heavy atom. The van der Waals surface area contributed by atoms with Gasteiger partial charge in [0.1, 0.15) is 6.10 Å². The molecule has 0 spiro atoms. The van der Waals surface area contributed by atoms with Crippen molar-refractivity contribution in [1.82, 2.24) is 5.32 Å². The summed E-state index contributed by atoms with van der Waals surface area (Å²) >= 11 is 0. The van der Waals surface area contributed by atoms with Gasteiger partial charge >= 0.3 is 6.09 Å². The lowest BCUT2D eigenvalue weighted by Gasteiger charge is -2.19. The Bertz CT molecular complexity index is 352. The van der Waals surface area contributed by atoms with Gasteiger partial charge in [-0.05, 0) is 25.5 Å². The van der Waals surface area contributed by atoms with E-state index in [-0.39, 0.29) is 6.10 Å². The Balaban J connectivity index is 2.57. The number of rotatable bonds is 4. The monoisotopic (exact) mass is 241 g/mol. The normalized spacial score (nSPS) is 22.2. The van der Waals surface area contributed by atoms with Crippen LogP contribution in [0.5, 0.6) is 0 Å². The SMILES string of the molecule is CC(=C/C=C(\C)OC(C)(C)O)[C@@H]1CNC(=O)O1. The smallest absolute Gasteiger partial charge is 0.407 e. The Morgan fingerprint density at radius 1 is 1.53 bits per heavy atom. The maximum atomic E-state index is 10.8. The Labute approximate surface area is 101 Å². The zero-order valence-corrected chi connectivity index (χ0v) is 10.6. The first kappa shape index (κ1) is 13.6. The molecule has 0 aromatic carbocycles. The van der Waals surface area contributed by atoms with Gasteiger partial charge in [0.2, 0.25) is 5.79 Å². The van der Waals surface area contributed by atoms with Crippen molar-refractivity contribution in [3.05, 3.63) is 23.5 Å². The van der Waals surface area contributed by atoms with Crippen molar-refractivity contribution in [2.75, 3.05) is 6.54 Å². The third kappa shape index (κ3) is 4.91. The standard InChI is InChI=1S/C12H19NO4/c1-8(10-7-13-11(14)16-10)5-6-9(2)17-12(3,4)15/h5-6,10,15H,7H2,1-4H3,(H,13,14)/b8-5?,9-6+/t10-/m0/s1. The molecule has 0 aromatic rings. The number of hydrogen-bond donors (Lipinski definition) is 2. The first-order valence-electron chi connectivity index (χ1n) is 5.49. The number of aliphatic hydroxyl groups is 1. The molecule has 5 heteroatoms. The molecular weight excluding hydrogens is 222 g/mol. The van der Waals surface area contributed by atoms with Crippen LogP contribution in [0, 0.1) is 0 Å². The van der Waals surface area contributed by atoms with Crippen molar-refractivity contribution in [2.45, 2.75) is 39.6 Å². The van der Waals surface area contributed by atoms with E-state index in [1.165, 1.54) is 0 Å². The molecule has 0 radical (unpaired) electrons. The first-order valence-corrected chi connectivity index (χ1v) is 5.49. The molecule has 1 saturated heterocycles. The Morgan fingerprint density at radius 3 is 2.65 bits per heavy atom. The third-order valence-corrected chi connectivity index (χ3v) is 2.18. The molecule has 1 fully saturated rings. The molecule has 1 atom stereocenters. The second kappa shape index (κ2) is 5.23. The van der Waals surface area contributed by atoms with Crippen LogP contribution in [0.2, 0.25) is 0 Å². The largest absolute Gasteiger partial charge is 0.468 e. The minimum atomic E-state index is -1.19. The predicted molar refractivity (Wildman–Crippen MR) is 63.2 cm³/mol. The number of carbonyl (C=O) groups excluding carboxylic acids is 1. The quantitative estimate of drug-likeness (QED) is 0.446. The van der Waals surface area contributed by atoms with Gasteiger partial charge in [-0.15, -0.1) is 0 Å². The molecular formula is C12H19NO4. The summed E-state index contributed by atoms with van der Waals surface area (Å²) in [6.07, 6.45) is 2.93. The summed E-state index contributed by atoms with van der Waals surface area (Å²) < 4.78 is 10.2. The van der Waals surface area contributed by atoms with Crippen molar-refractivity contribution in [1.29, 1.82) is 0 Å². The Hall–Kier alpha value is -1.49. The van der Waals surface area contributed by atoms with Crippen LogP contribution in [0.4, 0.5) is 4.79 Å². The van der Waals surface area contributed by atoms with Crippen LogP contribution in [0.25, 0.3) is 0 Å². The van der Waals surface area contributed by atoms with Crippen LogP contribution in [-0.4, -0.2) is 29.6 Å². The molecule has 0 aromatic heterocycles. The number of amides is 1. The maximum Gasteiger partial charge on any atom is 0.407 e. The van der Waals surface area contributed by atoms with E-state index >= 15 is 0 Å². The molecule has 0 bridgehead atoms. The van der Waals surface area contributed by atoms with Gasteiger partial charge in [0.15, 0.2) is 0 Å². The van der Waals surface area contributed by atoms with Gasteiger partial charge < -0.3 is 19.9 Å². The minimum absolute atomic E-state index is 0.228. The fourth-order valence-electron chi connectivity index (χ4n) is 1.43. The number of hydrogen-bond acceptors (Lipinski definition) is 4. The van der Waals surface area contributed by atoms with Gasteiger partial charge in [0.05, 0.1) is 12.3 Å². The van der Waals surface area contributed by atoms with E-state index in [0.29, 0.717) is 12.3 Å². The van der Waals surface area contributed by atoms with Crippen molar-refractivity contribution < 1.29 is 19.4 Å². The van der Waals surface area contributed by atoms with Crippen LogP contribution in [0.1, 0.15) is 27.7 Å². The molecule has 5 nitrogen and oxygen atoms in total. The summed E-state index contributed by atoms with van der Waals surface area (Å²) in [5.74, 6) is -0.599. The van der Waals surface area contributed by atoms with Crippen LogP contribution in [0.3, 0.4) is 0 Å². The average molecular weight is 241 g/mol. The van der Waals surface area contributed by atoms with Crippen LogP contribution in [-0.2, 0) is 9.47 Å². The van der Waals surface area contributed by atoms with Gasteiger partial charge in [-0.3, -0.25) is 0 Å². The lowest BCUT2D eigenvalue weighted by Crippen LogP contribution is -2.22. The highest BCUT2D eigenvalue weighted by atomic mass is 16.6. The summed E-state index contributed by atoms with van der Waals surface area (Å²) in [6, 6.07) is 0. The molecule has 1 rings (SSSR count). The van der Waals surface area contributed by atoms with Crippen molar-refractivity contribution >= 4 is 6.09 Å². The van der Waals surface area contributed by atoms with E-state index < -0.39 is 11.9 Å². The Kier molecular flexibility index (Phi) is 4.17. The molecule has 17 heavy (non-hydrogen) atoms. The molecule has 96 valence electrons. The van der Waals surface area contributed by atoms with E-state index in [1.54, 1.807) is 26.8 Å².